The lowest BCUT2D eigenvalue weighted by Crippen LogP contribution is -2.16. The Balaban J connectivity index is 2.30. The van der Waals surface area contributed by atoms with Gasteiger partial charge in [-0.1, -0.05) is 26.0 Å². The minimum absolute atomic E-state index is 0.121. The molecule has 2 rings (SSSR count). The van der Waals surface area contributed by atoms with Crippen molar-refractivity contribution in [3.8, 4) is 5.75 Å². The van der Waals surface area contributed by atoms with Crippen LogP contribution in [0.4, 0.5) is 5.82 Å². The van der Waals surface area contributed by atoms with Gasteiger partial charge in [0.05, 0.1) is 6.10 Å². The Morgan fingerprint density at radius 1 is 1.20 bits per heavy atom. The van der Waals surface area contributed by atoms with E-state index in [4.69, 9.17) is 10.5 Å². The van der Waals surface area contributed by atoms with Gasteiger partial charge in [-0.3, -0.25) is 4.79 Å². The van der Waals surface area contributed by atoms with Crippen molar-refractivity contribution >= 4 is 11.7 Å². The highest BCUT2D eigenvalue weighted by molar-refractivity contribution is 5.93. The van der Waals surface area contributed by atoms with E-state index >= 15 is 0 Å². The van der Waals surface area contributed by atoms with Crippen molar-refractivity contribution in [2.75, 3.05) is 19.0 Å². The van der Waals surface area contributed by atoms with Gasteiger partial charge in [0.15, 0.2) is 0 Å². The SMILES string of the molecule is CCC(CC)Oc1cc(C(N)=O)ccc1Cc1ccc(N(C)C)nc1. The van der Waals surface area contributed by atoms with Gasteiger partial charge in [0.25, 0.3) is 0 Å². The predicted octanol–water partition coefficient (Wildman–Crippen LogP) is 3.40. The number of rotatable bonds is 8. The van der Waals surface area contributed by atoms with Crippen molar-refractivity contribution in [3.63, 3.8) is 0 Å². The maximum Gasteiger partial charge on any atom is 0.248 e. The highest BCUT2D eigenvalue weighted by Crippen LogP contribution is 2.26. The van der Waals surface area contributed by atoms with Crippen LogP contribution in [0.3, 0.4) is 0 Å². The number of hydrogen-bond donors (Lipinski definition) is 1. The van der Waals surface area contributed by atoms with Crippen molar-refractivity contribution in [2.24, 2.45) is 5.73 Å². The van der Waals surface area contributed by atoms with Crippen LogP contribution in [0.25, 0.3) is 0 Å². The second kappa shape index (κ2) is 8.51. The highest BCUT2D eigenvalue weighted by Gasteiger charge is 2.13. The largest absolute Gasteiger partial charge is 0.490 e. The molecule has 0 unspecified atom stereocenters. The summed E-state index contributed by atoms with van der Waals surface area (Å²) in [4.78, 5) is 17.9. The molecule has 0 fully saturated rings. The molecule has 0 aliphatic heterocycles. The molecule has 2 aromatic rings. The van der Waals surface area contributed by atoms with Crippen LogP contribution in [0.1, 0.15) is 48.2 Å². The molecule has 0 aliphatic rings. The molecule has 1 heterocycles. The van der Waals surface area contributed by atoms with Crippen molar-refractivity contribution < 1.29 is 9.53 Å². The number of pyridine rings is 1. The Kier molecular flexibility index (Phi) is 6.39. The van der Waals surface area contributed by atoms with E-state index in [2.05, 4.69) is 24.9 Å². The molecular weight excluding hydrogens is 314 g/mol. The molecule has 0 bridgehead atoms. The number of benzene rings is 1. The fraction of sp³-hybridized carbons (Fsp3) is 0.400. The number of aromatic nitrogens is 1. The molecule has 1 amide bonds. The average molecular weight is 341 g/mol. The zero-order chi connectivity index (χ0) is 18.4. The lowest BCUT2D eigenvalue weighted by atomic mass is 10.0. The normalized spacial score (nSPS) is 10.8. The van der Waals surface area contributed by atoms with Gasteiger partial charge >= 0.3 is 0 Å². The standard InChI is InChI=1S/C20H27N3O2/c1-5-17(6-2)25-18-12-16(20(21)24)9-8-15(18)11-14-7-10-19(22-13-14)23(3)4/h7-10,12-13,17H,5-6,11H2,1-4H3,(H2,21,24). The minimum atomic E-state index is -0.446. The molecular formula is C20H27N3O2. The van der Waals surface area contributed by atoms with E-state index < -0.39 is 5.91 Å². The first-order valence-corrected chi connectivity index (χ1v) is 8.66. The van der Waals surface area contributed by atoms with Crippen LogP contribution < -0.4 is 15.4 Å². The van der Waals surface area contributed by atoms with Gasteiger partial charge in [0.2, 0.25) is 5.91 Å². The molecule has 25 heavy (non-hydrogen) atoms. The fourth-order valence-electron chi connectivity index (χ4n) is 2.60. The molecule has 0 saturated heterocycles. The first kappa shape index (κ1) is 18.8. The summed E-state index contributed by atoms with van der Waals surface area (Å²) >= 11 is 0. The van der Waals surface area contributed by atoms with Crippen LogP contribution in [0.15, 0.2) is 36.5 Å². The van der Waals surface area contributed by atoms with Gasteiger partial charge in [-0.25, -0.2) is 4.98 Å². The number of carbonyl (C=O) groups is 1. The van der Waals surface area contributed by atoms with Gasteiger partial charge in [-0.2, -0.15) is 0 Å². The number of nitrogens with zero attached hydrogens (tertiary/aromatic N) is 2. The summed E-state index contributed by atoms with van der Waals surface area (Å²) in [5.74, 6) is 1.20. The second-order valence-electron chi connectivity index (χ2n) is 6.34. The van der Waals surface area contributed by atoms with Crippen LogP contribution >= 0.6 is 0 Å². The van der Waals surface area contributed by atoms with Gasteiger partial charge in [0, 0.05) is 32.3 Å². The van der Waals surface area contributed by atoms with Gasteiger partial charge < -0.3 is 15.4 Å². The van der Waals surface area contributed by atoms with Gasteiger partial charge in [-0.05, 0) is 42.2 Å². The summed E-state index contributed by atoms with van der Waals surface area (Å²) < 4.78 is 6.13. The summed E-state index contributed by atoms with van der Waals surface area (Å²) in [7, 11) is 3.93. The maximum atomic E-state index is 11.5. The highest BCUT2D eigenvalue weighted by atomic mass is 16.5. The summed E-state index contributed by atoms with van der Waals surface area (Å²) in [5.41, 5.74) is 7.99. The van der Waals surface area contributed by atoms with E-state index in [0.717, 1.165) is 35.5 Å². The van der Waals surface area contributed by atoms with Crippen LogP contribution in [-0.2, 0) is 6.42 Å². The molecule has 5 nitrogen and oxygen atoms in total. The van der Waals surface area contributed by atoms with Gasteiger partial charge in [0.1, 0.15) is 11.6 Å². The number of primary amides is 1. The minimum Gasteiger partial charge on any atom is -0.490 e. The first-order valence-electron chi connectivity index (χ1n) is 8.66. The van der Waals surface area contributed by atoms with Crippen molar-refractivity contribution in [3.05, 3.63) is 53.2 Å². The molecule has 0 radical (unpaired) electrons. The number of ether oxygens (including phenoxy) is 1. The van der Waals surface area contributed by atoms with E-state index in [9.17, 15) is 4.79 Å². The van der Waals surface area contributed by atoms with E-state index in [0.29, 0.717) is 12.0 Å². The van der Waals surface area contributed by atoms with Crippen LogP contribution in [0, 0.1) is 0 Å². The maximum absolute atomic E-state index is 11.5. The first-order chi connectivity index (χ1) is 11.9. The third-order valence-corrected chi connectivity index (χ3v) is 4.22. The zero-order valence-electron chi connectivity index (χ0n) is 15.5. The third-order valence-electron chi connectivity index (χ3n) is 4.22. The van der Waals surface area contributed by atoms with Crippen molar-refractivity contribution in [1.82, 2.24) is 4.98 Å². The Morgan fingerprint density at radius 3 is 2.44 bits per heavy atom. The lowest BCUT2D eigenvalue weighted by Gasteiger charge is -2.19. The summed E-state index contributed by atoms with van der Waals surface area (Å²) in [5, 5.41) is 0. The monoisotopic (exact) mass is 341 g/mol. The number of amides is 1. The molecule has 0 atom stereocenters. The summed E-state index contributed by atoms with van der Waals surface area (Å²) in [6, 6.07) is 9.47. The fourth-order valence-corrected chi connectivity index (χ4v) is 2.60. The van der Waals surface area contributed by atoms with Crippen molar-refractivity contribution in [2.45, 2.75) is 39.2 Å². The Bertz CT molecular complexity index is 707. The number of anilines is 1. The van der Waals surface area contributed by atoms with E-state index in [-0.39, 0.29) is 6.10 Å². The molecule has 1 aromatic carbocycles. The predicted molar refractivity (Wildman–Crippen MR) is 101 cm³/mol. The van der Waals surface area contributed by atoms with E-state index in [1.165, 1.54) is 0 Å². The van der Waals surface area contributed by atoms with Crippen LogP contribution in [0.2, 0.25) is 0 Å². The lowest BCUT2D eigenvalue weighted by molar-refractivity contribution is 0.0999. The van der Waals surface area contributed by atoms with E-state index in [1.54, 1.807) is 12.1 Å². The number of hydrogen-bond acceptors (Lipinski definition) is 4. The average Bonchev–Trinajstić information content (AvgIpc) is 2.61. The zero-order valence-corrected chi connectivity index (χ0v) is 15.5. The Morgan fingerprint density at radius 2 is 1.92 bits per heavy atom. The molecule has 134 valence electrons. The van der Waals surface area contributed by atoms with Crippen LogP contribution in [0.5, 0.6) is 5.75 Å². The quantitative estimate of drug-likeness (QED) is 0.799. The molecule has 0 aliphatic carbocycles. The smallest absolute Gasteiger partial charge is 0.248 e. The number of nitrogens with two attached hydrogens (primary N) is 1. The molecule has 5 heteroatoms. The third kappa shape index (κ3) is 4.95. The molecule has 1 aromatic heterocycles. The van der Waals surface area contributed by atoms with Crippen molar-refractivity contribution in [1.29, 1.82) is 0 Å². The van der Waals surface area contributed by atoms with Gasteiger partial charge in [-0.15, -0.1) is 0 Å². The Labute approximate surface area is 149 Å². The molecule has 0 saturated carbocycles. The molecule has 0 spiro atoms. The molecule has 2 N–H and O–H groups in total. The second-order valence-corrected chi connectivity index (χ2v) is 6.34. The van der Waals surface area contributed by atoms with Crippen LogP contribution in [-0.4, -0.2) is 31.1 Å². The summed E-state index contributed by atoms with van der Waals surface area (Å²) in [6.45, 7) is 4.19. The van der Waals surface area contributed by atoms with E-state index in [1.807, 2.05) is 37.3 Å². The topological polar surface area (TPSA) is 68.5 Å². The number of carbonyl (C=O) groups excluding carboxylic acids is 1. The summed E-state index contributed by atoms with van der Waals surface area (Å²) in [6.07, 6.45) is 4.51. The Hall–Kier alpha value is -2.56.